The van der Waals surface area contributed by atoms with Gasteiger partial charge >= 0.3 is 0 Å². The van der Waals surface area contributed by atoms with E-state index in [4.69, 9.17) is 5.73 Å². The molecule has 0 heterocycles. The molecule has 0 atom stereocenters. The summed E-state index contributed by atoms with van der Waals surface area (Å²) in [5.41, 5.74) is 4.94. The lowest BCUT2D eigenvalue weighted by atomic mass is 10.6. The second-order valence-corrected chi connectivity index (χ2v) is 3.73. The van der Waals surface area contributed by atoms with Gasteiger partial charge in [-0.05, 0) is 11.2 Å². The van der Waals surface area contributed by atoms with E-state index in [0.29, 0.717) is 5.20 Å². The van der Waals surface area contributed by atoms with Gasteiger partial charge in [0.05, 0.1) is 9.52 Å². The Morgan fingerprint density at radius 2 is 2.33 bits per heavy atom. The zero-order chi connectivity index (χ0) is 7.28. The second kappa shape index (κ2) is 4.09. The van der Waals surface area contributed by atoms with Gasteiger partial charge in [-0.2, -0.15) is 0 Å². The van der Waals surface area contributed by atoms with Crippen LogP contribution in [0.3, 0.4) is 0 Å². The van der Waals surface area contributed by atoms with E-state index in [1.165, 1.54) is 0 Å². The van der Waals surface area contributed by atoms with Crippen molar-refractivity contribution < 1.29 is 4.79 Å². The predicted molar refractivity (Wildman–Crippen MR) is 41.9 cm³/mol. The molecule has 0 rings (SSSR count). The number of primary amides is 1. The fraction of sp³-hybridized carbons (Fsp3) is 0.167. The number of rotatable bonds is 4. The molecule has 0 radical (unpaired) electrons. The Bertz CT molecular complexity index is 142. The van der Waals surface area contributed by atoms with Gasteiger partial charge in [0.15, 0.2) is 0 Å². The Morgan fingerprint density at radius 3 is 2.67 bits per heavy atom. The van der Waals surface area contributed by atoms with Gasteiger partial charge in [-0.15, -0.1) is 6.58 Å². The maximum absolute atomic E-state index is 10.3. The molecule has 3 heteroatoms. The van der Waals surface area contributed by atoms with Crippen LogP contribution in [-0.2, 0) is 4.79 Å². The van der Waals surface area contributed by atoms with Gasteiger partial charge in [0.1, 0.15) is 0 Å². The van der Waals surface area contributed by atoms with Crippen molar-refractivity contribution in [1.82, 2.24) is 0 Å². The van der Waals surface area contributed by atoms with Crippen molar-refractivity contribution in [2.45, 2.75) is 6.04 Å². The van der Waals surface area contributed by atoms with Crippen LogP contribution in [0.15, 0.2) is 24.4 Å². The first kappa shape index (κ1) is 8.17. The van der Waals surface area contributed by atoms with Crippen LogP contribution in [-0.4, -0.2) is 15.4 Å². The molecule has 0 aliphatic rings. The first-order valence-electron chi connectivity index (χ1n) is 2.77. The van der Waals surface area contributed by atoms with E-state index in [-0.39, 0.29) is 5.91 Å². The number of amides is 1. The molecule has 0 aliphatic heterocycles. The van der Waals surface area contributed by atoms with Gasteiger partial charge in [-0.3, -0.25) is 4.79 Å². The van der Waals surface area contributed by atoms with Crippen molar-refractivity contribution in [2.24, 2.45) is 5.73 Å². The third-order valence-corrected chi connectivity index (χ3v) is 2.65. The molecule has 0 saturated carbocycles. The van der Waals surface area contributed by atoms with Crippen molar-refractivity contribution in [1.29, 1.82) is 0 Å². The molecule has 2 N–H and O–H groups in total. The van der Waals surface area contributed by atoms with E-state index in [2.05, 4.69) is 13.2 Å². The fourth-order valence-corrected chi connectivity index (χ4v) is 1.20. The molecule has 0 fully saturated rings. The summed E-state index contributed by atoms with van der Waals surface area (Å²) in [5, 5.41) is 0.606. The molecule has 0 aliphatic carbocycles. The van der Waals surface area contributed by atoms with E-state index in [1.807, 2.05) is 0 Å². The normalized spacial score (nSPS) is 9.78. The van der Waals surface area contributed by atoms with Crippen LogP contribution < -0.4 is 5.73 Å². The molecule has 0 spiro atoms. The van der Waals surface area contributed by atoms with Crippen LogP contribution in [0, 0.1) is 0 Å². The second-order valence-electron chi connectivity index (χ2n) is 1.80. The summed E-state index contributed by atoms with van der Waals surface area (Å²) in [4.78, 5) is 10.3. The molecule has 0 bridgehead atoms. The highest BCUT2D eigenvalue weighted by atomic mass is 28.2. The maximum atomic E-state index is 10.3. The highest BCUT2D eigenvalue weighted by Crippen LogP contribution is 1.89. The standard InChI is InChI=1S/C6H11NOSi/c1-3-4-9-5(2)6(7)8/h3H,1-2,4,9H2,(H2,7,8). The molecular formula is C6H11NOSi. The van der Waals surface area contributed by atoms with Crippen LogP contribution in [0.4, 0.5) is 0 Å². The average Bonchev–Trinajstić information content (AvgIpc) is 1.82. The number of nitrogens with two attached hydrogens (primary N) is 1. The largest absolute Gasteiger partial charge is 0.366 e. The van der Waals surface area contributed by atoms with Gasteiger partial charge in [0.2, 0.25) is 5.91 Å². The van der Waals surface area contributed by atoms with Crippen molar-refractivity contribution in [3.05, 3.63) is 24.4 Å². The summed E-state index contributed by atoms with van der Waals surface area (Å²) < 4.78 is 0. The van der Waals surface area contributed by atoms with E-state index in [9.17, 15) is 4.79 Å². The summed E-state index contributed by atoms with van der Waals surface area (Å²) >= 11 is 0. The molecule has 0 saturated heterocycles. The quantitative estimate of drug-likeness (QED) is 0.328. The smallest absolute Gasteiger partial charge is 0.239 e. The van der Waals surface area contributed by atoms with E-state index in [0.717, 1.165) is 6.04 Å². The van der Waals surface area contributed by atoms with Crippen molar-refractivity contribution in [2.75, 3.05) is 0 Å². The molecule has 2 nitrogen and oxygen atoms in total. The van der Waals surface area contributed by atoms with Gasteiger partial charge in [-0.1, -0.05) is 12.7 Å². The Morgan fingerprint density at radius 1 is 1.78 bits per heavy atom. The summed E-state index contributed by atoms with van der Waals surface area (Å²) in [7, 11) is -0.499. The lowest BCUT2D eigenvalue weighted by molar-refractivity contribution is -0.114. The van der Waals surface area contributed by atoms with Crippen LogP contribution in [0.25, 0.3) is 0 Å². The number of carbonyl (C=O) groups is 1. The minimum atomic E-state index is -0.499. The Labute approximate surface area is 57.3 Å². The third-order valence-electron chi connectivity index (χ3n) is 0.999. The lowest BCUT2D eigenvalue weighted by Crippen LogP contribution is -2.16. The van der Waals surface area contributed by atoms with Crippen LogP contribution in [0.2, 0.25) is 6.04 Å². The van der Waals surface area contributed by atoms with E-state index < -0.39 is 9.52 Å². The highest BCUT2D eigenvalue weighted by molar-refractivity contribution is 6.53. The molecule has 1 amide bonds. The SMILES string of the molecule is C=CC[SiH2]C(=C)C(N)=O. The van der Waals surface area contributed by atoms with E-state index in [1.54, 1.807) is 6.08 Å². The maximum Gasteiger partial charge on any atom is 0.239 e. The van der Waals surface area contributed by atoms with Crippen LogP contribution in [0.1, 0.15) is 0 Å². The number of allylic oxidation sites excluding steroid dienone is 1. The van der Waals surface area contributed by atoms with Gasteiger partial charge < -0.3 is 5.73 Å². The van der Waals surface area contributed by atoms with Crippen molar-refractivity contribution >= 4 is 15.4 Å². The summed E-state index contributed by atoms with van der Waals surface area (Å²) in [6, 6.07) is 0.905. The minimum absolute atomic E-state index is 0.358. The van der Waals surface area contributed by atoms with Gasteiger partial charge in [-0.25, -0.2) is 0 Å². The Hall–Kier alpha value is -0.833. The minimum Gasteiger partial charge on any atom is -0.366 e. The van der Waals surface area contributed by atoms with Gasteiger partial charge in [0.25, 0.3) is 0 Å². The first-order chi connectivity index (χ1) is 4.18. The molecule has 0 unspecified atom stereocenters. The summed E-state index contributed by atoms with van der Waals surface area (Å²) in [5.74, 6) is -0.358. The average molecular weight is 141 g/mol. The third kappa shape index (κ3) is 3.73. The topological polar surface area (TPSA) is 43.1 Å². The molecule has 0 aromatic heterocycles. The summed E-state index contributed by atoms with van der Waals surface area (Å²) in [6.07, 6.45) is 1.79. The molecule has 50 valence electrons. The molecule has 9 heavy (non-hydrogen) atoms. The number of hydrogen-bond acceptors (Lipinski definition) is 1. The zero-order valence-corrected chi connectivity index (χ0v) is 6.81. The predicted octanol–water partition coefficient (Wildman–Crippen LogP) is -0.242. The number of carbonyl (C=O) groups excluding carboxylic acids is 1. The van der Waals surface area contributed by atoms with Crippen molar-refractivity contribution in [3.8, 4) is 0 Å². The Balaban J connectivity index is 3.51. The monoisotopic (exact) mass is 141 g/mol. The zero-order valence-electron chi connectivity index (χ0n) is 5.39. The van der Waals surface area contributed by atoms with Crippen molar-refractivity contribution in [3.63, 3.8) is 0 Å². The molecule has 0 aromatic rings. The number of hydrogen-bond donors (Lipinski definition) is 1. The molecular weight excluding hydrogens is 130 g/mol. The van der Waals surface area contributed by atoms with Crippen LogP contribution in [0.5, 0.6) is 0 Å². The fourth-order valence-electron chi connectivity index (χ4n) is 0.399. The highest BCUT2D eigenvalue weighted by Gasteiger charge is 1.98. The Kier molecular flexibility index (Phi) is 3.71. The lowest BCUT2D eigenvalue weighted by Gasteiger charge is -1.93. The van der Waals surface area contributed by atoms with Gasteiger partial charge in [0, 0.05) is 0 Å². The van der Waals surface area contributed by atoms with E-state index >= 15 is 0 Å². The molecule has 0 aromatic carbocycles. The van der Waals surface area contributed by atoms with Crippen LogP contribution >= 0.6 is 0 Å². The first-order valence-corrected chi connectivity index (χ1v) is 4.47. The summed E-state index contributed by atoms with van der Waals surface area (Å²) in [6.45, 7) is 7.06.